The number of rotatable bonds is 4. The van der Waals surface area contributed by atoms with E-state index < -0.39 is 0 Å². The summed E-state index contributed by atoms with van der Waals surface area (Å²) in [6, 6.07) is 0.409. The van der Waals surface area contributed by atoms with Crippen LogP contribution >= 0.6 is 0 Å². The summed E-state index contributed by atoms with van der Waals surface area (Å²) < 4.78 is 0. The molecule has 0 aromatic heterocycles. The van der Waals surface area contributed by atoms with E-state index in [0.29, 0.717) is 11.5 Å². The van der Waals surface area contributed by atoms with Crippen molar-refractivity contribution in [3.8, 4) is 0 Å². The van der Waals surface area contributed by atoms with E-state index in [1.165, 1.54) is 45.1 Å². The van der Waals surface area contributed by atoms with E-state index in [1.807, 2.05) is 0 Å². The van der Waals surface area contributed by atoms with Crippen LogP contribution in [0.25, 0.3) is 0 Å². The van der Waals surface area contributed by atoms with Gasteiger partial charge in [0, 0.05) is 12.6 Å². The molecule has 3 aliphatic rings. The molecule has 2 nitrogen and oxygen atoms in total. The highest BCUT2D eigenvalue weighted by Gasteiger charge is 2.53. The average molecular weight is 195 g/mol. The van der Waals surface area contributed by atoms with Crippen molar-refractivity contribution in [2.75, 3.05) is 6.54 Å². The van der Waals surface area contributed by atoms with Gasteiger partial charge < -0.3 is 10.4 Å². The van der Waals surface area contributed by atoms with Crippen LogP contribution in [0.3, 0.4) is 0 Å². The molecule has 0 spiro atoms. The predicted octanol–water partition coefficient (Wildman–Crippen LogP) is 1.68. The zero-order valence-electron chi connectivity index (χ0n) is 8.84. The lowest BCUT2D eigenvalue weighted by atomic mass is 10.00. The lowest BCUT2D eigenvalue weighted by Gasteiger charge is -2.21. The van der Waals surface area contributed by atoms with Gasteiger partial charge in [-0.25, -0.2) is 0 Å². The lowest BCUT2D eigenvalue weighted by Crippen LogP contribution is -2.39. The standard InChI is InChI=1S/C12H21NO/c14-11-3-1-2-10(11)13-8-12(6-7-12)9-4-5-9/h9-11,13-14H,1-8H2/t10-,11-/m1/s1. The minimum absolute atomic E-state index is 0.0648. The molecule has 3 aliphatic carbocycles. The summed E-state index contributed by atoms with van der Waals surface area (Å²) in [5.74, 6) is 1.04. The molecule has 0 heterocycles. The minimum atomic E-state index is -0.0648. The smallest absolute Gasteiger partial charge is 0.0693 e. The second kappa shape index (κ2) is 3.21. The lowest BCUT2D eigenvalue weighted by molar-refractivity contribution is 0.144. The Morgan fingerprint density at radius 2 is 1.93 bits per heavy atom. The van der Waals surface area contributed by atoms with Gasteiger partial charge in [0.2, 0.25) is 0 Å². The van der Waals surface area contributed by atoms with E-state index in [-0.39, 0.29) is 6.10 Å². The first-order valence-corrected chi connectivity index (χ1v) is 6.22. The second-order valence-corrected chi connectivity index (χ2v) is 5.62. The predicted molar refractivity (Wildman–Crippen MR) is 56.0 cm³/mol. The first kappa shape index (κ1) is 9.17. The summed E-state index contributed by atoms with van der Waals surface area (Å²) in [7, 11) is 0. The molecule has 14 heavy (non-hydrogen) atoms. The van der Waals surface area contributed by atoms with Gasteiger partial charge in [-0.1, -0.05) is 0 Å². The Hall–Kier alpha value is -0.0800. The Morgan fingerprint density at radius 3 is 2.43 bits per heavy atom. The number of hydrogen-bond donors (Lipinski definition) is 2. The summed E-state index contributed by atoms with van der Waals surface area (Å²) in [6.45, 7) is 1.18. The maximum atomic E-state index is 9.70. The van der Waals surface area contributed by atoms with Crippen LogP contribution in [-0.4, -0.2) is 23.8 Å². The van der Waals surface area contributed by atoms with Crippen molar-refractivity contribution in [1.82, 2.24) is 5.32 Å². The molecule has 80 valence electrons. The average Bonchev–Trinajstić information content (AvgIpc) is 3.04. The largest absolute Gasteiger partial charge is 0.392 e. The van der Waals surface area contributed by atoms with Gasteiger partial charge in [-0.3, -0.25) is 0 Å². The Kier molecular flexibility index (Phi) is 2.10. The molecule has 0 aromatic carbocycles. The molecule has 2 atom stereocenters. The third-order valence-corrected chi connectivity index (χ3v) is 4.53. The summed E-state index contributed by atoms with van der Waals surface area (Å²) in [5, 5.41) is 13.3. The first-order chi connectivity index (χ1) is 6.80. The fraction of sp³-hybridized carbons (Fsp3) is 1.00. The number of nitrogens with one attached hydrogen (secondary N) is 1. The van der Waals surface area contributed by atoms with Crippen LogP contribution < -0.4 is 5.32 Å². The molecule has 3 saturated carbocycles. The zero-order chi connectivity index (χ0) is 9.60. The number of aliphatic hydroxyl groups is 1. The highest BCUT2D eigenvalue weighted by atomic mass is 16.3. The quantitative estimate of drug-likeness (QED) is 0.715. The second-order valence-electron chi connectivity index (χ2n) is 5.62. The maximum absolute atomic E-state index is 9.70. The Bertz CT molecular complexity index is 220. The number of hydrogen-bond acceptors (Lipinski definition) is 2. The van der Waals surface area contributed by atoms with Crippen LogP contribution in [0, 0.1) is 11.3 Å². The van der Waals surface area contributed by atoms with Crippen molar-refractivity contribution in [3.05, 3.63) is 0 Å². The summed E-state index contributed by atoms with van der Waals surface area (Å²) in [4.78, 5) is 0. The Labute approximate surface area is 86.1 Å². The molecule has 0 amide bonds. The van der Waals surface area contributed by atoms with Crippen molar-refractivity contribution in [3.63, 3.8) is 0 Å². The van der Waals surface area contributed by atoms with E-state index >= 15 is 0 Å². The third-order valence-electron chi connectivity index (χ3n) is 4.53. The van der Waals surface area contributed by atoms with Crippen LogP contribution in [-0.2, 0) is 0 Å². The molecule has 3 fully saturated rings. The van der Waals surface area contributed by atoms with E-state index in [1.54, 1.807) is 0 Å². The van der Waals surface area contributed by atoms with Crippen molar-refractivity contribution < 1.29 is 5.11 Å². The fourth-order valence-electron chi connectivity index (χ4n) is 3.10. The van der Waals surface area contributed by atoms with Crippen molar-refractivity contribution >= 4 is 0 Å². The molecule has 2 N–H and O–H groups in total. The molecule has 0 bridgehead atoms. The number of aliphatic hydroxyl groups excluding tert-OH is 1. The van der Waals surface area contributed by atoms with E-state index in [0.717, 1.165) is 12.3 Å². The highest BCUT2D eigenvalue weighted by molar-refractivity contribution is 5.05. The molecule has 0 radical (unpaired) electrons. The van der Waals surface area contributed by atoms with Gasteiger partial charge in [0.1, 0.15) is 0 Å². The first-order valence-electron chi connectivity index (χ1n) is 6.22. The molecule has 0 saturated heterocycles. The van der Waals surface area contributed by atoms with Gasteiger partial charge in [-0.05, 0) is 56.3 Å². The topological polar surface area (TPSA) is 32.3 Å². The summed E-state index contributed by atoms with van der Waals surface area (Å²) in [5.41, 5.74) is 0.683. The van der Waals surface area contributed by atoms with Crippen LogP contribution in [0.5, 0.6) is 0 Å². The molecular weight excluding hydrogens is 174 g/mol. The summed E-state index contributed by atoms with van der Waals surface area (Å²) in [6.07, 6.45) is 9.14. The van der Waals surface area contributed by atoms with Crippen LogP contribution in [0.15, 0.2) is 0 Å². The van der Waals surface area contributed by atoms with Gasteiger partial charge in [0.25, 0.3) is 0 Å². The van der Waals surface area contributed by atoms with Crippen molar-refractivity contribution in [1.29, 1.82) is 0 Å². The van der Waals surface area contributed by atoms with Crippen LogP contribution in [0.2, 0.25) is 0 Å². The third kappa shape index (κ3) is 1.59. The van der Waals surface area contributed by atoms with Gasteiger partial charge in [0.05, 0.1) is 6.10 Å². The monoisotopic (exact) mass is 195 g/mol. The van der Waals surface area contributed by atoms with Crippen molar-refractivity contribution in [2.45, 2.75) is 57.1 Å². The maximum Gasteiger partial charge on any atom is 0.0693 e. The van der Waals surface area contributed by atoms with Crippen molar-refractivity contribution in [2.24, 2.45) is 11.3 Å². The molecule has 0 aliphatic heterocycles. The van der Waals surface area contributed by atoms with E-state index in [2.05, 4.69) is 5.32 Å². The SMILES string of the molecule is O[C@@H]1CCC[C@H]1NCC1(C2CC2)CC1. The highest BCUT2D eigenvalue weighted by Crippen LogP contribution is 2.60. The van der Waals surface area contributed by atoms with Gasteiger partial charge >= 0.3 is 0 Å². The summed E-state index contributed by atoms with van der Waals surface area (Å²) >= 11 is 0. The van der Waals surface area contributed by atoms with Gasteiger partial charge in [-0.15, -0.1) is 0 Å². The normalized spacial score (nSPS) is 40.1. The van der Waals surface area contributed by atoms with Gasteiger partial charge in [0.15, 0.2) is 0 Å². The van der Waals surface area contributed by atoms with Crippen LogP contribution in [0.1, 0.15) is 44.9 Å². The van der Waals surface area contributed by atoms with Crippen LogP contribution in [0.4, 0.5) is 0 Å². The molecule has 2 heteroatoms. The molecule has 0 unspecified atom stereocenters. The van der Waals surface area contributed by atoms with E-state index in [9.17, 15) is 5.11 Å². The van der Waals surface area contributed by atoms with Gasteiger partial charge in [-0.2, -0.15) is 0 Å². The molecule has 3 rings (SSSR count). The zero-order valence-corrected chi connectivity index (χ0v) is 8.84. The Morgan fingerprint density at radius 1 is 1.14 bits per heavy atom. The van der Waals surface area contributed by atoms with E-state index in [4.69, 9.17) is 0 Å². The molecular formula is C12H21NO. The Balaban J connectivity index is 1.49. The fourth-order valence-corrected chi connectivity index (χ4v) is 3.10. The molecule has 0 aromatic rings. The minimum Gasteiger partial charge on any atom is -0.392 e.